The fraction of sp³-hybridized carbons (Fsp3) is 0.706. The molecule has 4 heterocycles. The standard InChI is InChI=1S/C17H24FN5O3/c18-12-10-20-16(21-14(12)22-6-8-26-9-7-22)23-5-2-13(24)17(11-23)3-1-4-19-15(17)25/h10,13,24H,1-9,11H2,(H,19,25)/t13-,17-/m1/s1. The van der Waals surface area contributed by atoms with Crippen molar-refractivity contribution in [1.82, 2.24) is 15.3 Å². The Bertz CT molecular complexity index is 684. The van der Waals surface area contributed by atoms with Crippen molar-refractivity contribution in [3.63, 3.8) is 0 Å². The number of aromatic nitrogens is 2. The van der Waals surface area contributed by atoms with Crippen molar-refractivity contribution in [2.75, 3.05) is 55.7 Å². The van der Waals surface area contributed by atoms with E-state index < -0.39 is 17.3 Å². The van der Waals surface area contributed by atoms with Gasteiger partial charge in [-0.1, -0.05) is 0 Å². The van der Waals surface area contributed by atoms with Crippen LogP contribution in [0.3, 0.4) is 0 Å². The maximum absolute atomic E-state index is 14.3. The molecule has 3 aliphatic heterocycles. The Kier molecular flexibility index (Phi) is 4.66. The molecule has 0 saturated carbocycles. The summed E-state index contributed by atoms with van der Waals surface area (Å²) in [6.45, 7) is 3.76. The molecule has 0 radical (unpaired) electrons. The molecule has 26 heavy (non-hydrogen) atoms. The molecular formula is C17H24FN5O3. The molecule has 142 valence electrons. The Morgan fingerprint density at radius 3 is 2.88 bits per heavy atom. The summed E-state index contributed by atoms with van der Waals surface area (Å²) in [7, 11) is 0. The molecule has 9 heteroatoms. The number of hydrogen-bond acceptors (Lipinski definition) is 7. The SMILES string of the molecule is O=C1NCCC[C@]12CN(c1ncc(F)c(N3CCOCC3)n1)CC[C@H]2O. The van der Waals surface area contributed by atoms with Gasteiger partial charge in [-0.2, -0.15) is 4.98 Å². The van der Waals surface area contributed by atoms with Gasteiger partial charge in [-0.25, -0.2) is 9.37 Å². The highest BCUT2D eigenvalue weighted by molar-refractivity contribution is 5.85. The zero-order valence-corrected chi connectivity index (χ0v) is 14.7. The zero-order chi connectivity index (χ0) is 18.1. The Morgan fingerprint density at radius 1 is 1.31 bits per heavy atom. The molecule has 8 nitrogen and oxygen atoms in total. The Hall–Kier alpha value is -2.00. The minimum Gasteiger partial charge on any atom is -0.392 e. The molecule has 1 spiro atoms. The van der Waals surface area contributed by atoms with Crippen LogP contribution in [0.2, 0.25) is 0 Å². The highest BCUT2D eigenvalue weighted by atomic mass is 19.1. The fourth-order valence-corrected chi connectivity index (χ4v) is 4.11. The van der Waals surface area contributed by atoms with Crippen molar-refractivity contribution in [1.29, 1.82) is 0 Å². The van der Waals surface area contributed by atoms with Gasteiger partial charge in [0.1, 0.15) is 0 Å². The number of morpholine rings is 1. The third kappa shape index (κ3) is 2.99. The second-order valence-electron chi connectivity index (χ2n) is 7.18. The van der Waals surface area contributed by atoms with Crippen LogP contribution >= 0.6 is 0 Å². The first kappa shape index (κ1) is 17.4. The highest BCUT2D eigenvalue weighted by Crippen LogP contribution is 2.38. The van der Waals surface area contributed by atoms with Gasteiger partial charge in [0.15, 0.2) is 11.6 Å². The van der Waals surface area contributed by atoms with Crippen LogP contribution in [0.5, 0.6) is 0 Å². The van der Waals surface area contributed by atoms with Gasteiger partial charge in [0.25, 0.3) is 0 Å². The van der Waals surface area contributed by atoms with Crippen LogP contribution in [0, 0.1) is 11.2 Å². The summed E-state index contributed by atoms with van der Waals surface area (Å²) in [5.74, 6) is 0.0957. The first-order valence-corrected chi connectivity index (χ1v) is 9.17. The number of carbonyl (C=O) groups excluding carboxylic acids is 1. The first-order valence-electron chi connectivity index (χ1n) is 9.17. The van der Waals surface area contributed by atoms with Gasteiger partial charge in [0.05, 0.1) is 30.9 Å². The lowest BCUT2D eigenvalue weighted by Crippen LogP contribution is -2.61. The Morgan fingerprint density at radius 2 is 2.12 bits per heavy atom. The number of anilines is 2. The minimum atomic E-state index is -0.840. The highest BCUT2D eigenvalue weighted by Gasteiger charge is 2.50. The lowest BCUT2D eigenvalue weighted by Gasteiger charge is -2.46. The van der Waals surface area contributed by atoms with Gasteiger partial charge in [0.2, 0.25) is 11.9 Å². The van der Waals surface area contributed by atoms with Crippen LogP contribution in [0.1, 0.15) is 19.3 Å². The Balaban J connectivity index is 1.60. The predicted molar refractivity (Wildman–Crippen MR) is 92.5 cm³/mol. The number of nitrogens with one attached hydrogen (secondary N) is 1. The third-order valence-corrected chi connectivity index (χ3v) is 5.63. The number of aliphatic hydroxyl groups excluding tert-OH is 1. The number of aliphatic hydroxyl groups is 1. The first-order chi connectivity index (χ1) is 12.6. The molecule has 4 rings (SSSR count). The largest absolute Gasteiger partial charge is 0.392 e. The van der Waals surface area contributed by atoms with Crippen LogP contribution in [0.4, 0.5) is 16.2 Å². The smallest absolute Gasteiger partial charge is 0.230 e. The van der Waals surface area contributed by atoms with Gasteiger partial charge >= 0.3 is 0 Å². The lowest BCUT2D eigenvalue weighted by atomic mass is 9.71. The van der Waals surface area contributed by atoms with Gasteiger partial charge in [0, 0.05) is 32.7 Å². The van der Waals surface area contributed by atoms with E-state index in [1.165, 1.54) is 6.20 Å². The normalized spacial score (nSPS) is 29.8. The second-order valence-corrected chi connectivity index (χ2v) is 7.18. The molecule has 3 aliphatic rings. The van der Waals surface area contributed by atoms with Crippen LogP contribution in [-0.4, -0.2) is 73.0 Å². The maximum atomic E-state index is 14.3. The monoisotopic (exact) mass is 365 g/mol. The summed E-state index contributed by atoms with van der Waals surface area (Å²) in [4.78, 5) is 24.8. The van der Waals surface area contributed by atoms with Crippen LogP contribution < -0.4 is 15.1 Å². The zero-order valence-electron chi connectivity index (χ0n) is 14.7. The molecule has 0 unspecified atom stereocenters. The summed E-state index contributed by atoms with van der Waals surface area (Å²) in [5.41, 5.74) is -0.840. The van der Waals surface area contributed by atoms with Gasteiger partial charge < -0.3 is 25.0 Å². The van der Waals surface area contributed by atoms with Crippen molar-refractivity contribution in [3.8, 4) is 0 Å². The maximum Gasteiger partial charge on any atom is 0.230 e. The summed E-state index contributed by atoms with van der Waals surface area (Å²) in [6, 6.07) is 0. The van der Waals surface area contributed by atoms with Gasteiger partial charge in [-0.3, -0.25) is 4.79 Å². The number of piperidine rings is 2. The molecule has 1 aromatic rings. The molecule has 0 bridgehead atoms. The predicted octanol–water partition coefficient (Wildman–Crippen LogP) is -0.0803. The molecule has 0 aromatic carbocycles. The van der Waals surface area contributed by atoms with E-state index in [0.29, 0.717) is 64.7 Å². The lowest BCUT2D eigenvalue weighted by molar-refractivity contribution is -0.142. The van der Waals surface area contributed by atoms with Gasteiger partial charge in [-0.15, -0.1) is 0 Å². The van der Waals surface area contributed by atoms with Crippen molar-refractivity contribution in [2.45, 2.75) is 25.4 Å². The molecular weight excluding hydrogens is 341 g/mol. The van der Waals surface area contributed by atoms with E-state index in [1.807, 2.05) is 9.80 Å². The third-order valence-electron chi connectivity index (χ3n) is 5.63. The number of halogens is 1. The number of ether oxygens (including phenoxy) is 1. The van der Waals surface area contributed by atoms with Crippen LogP contribution in [0.25, 0.3) is 0 Å². The molecule has 3 fully saturated rings. The van der Waals surface area contributed by atoms with Crippen LogP contribution in [0.15, 0.2) is 6.20 Å². The van der Waals surface area contributed by atoms with E-state index in [4.69, 9.17) is 4.74 Å². The van der Waals surface area contributed by atoms with Gasteiger partial charge in [-0.05, 0) is 19.3 Å². The van der Waals surface area contributed by atoms with Crippen LogP contribution in [-0.2, 0) is 9.53 Å². The Labute approximate surface area is 151 Å². The average Bonchev–Trinajstić information content (AvgIpc) is 2.67. The van der Waals surface area contributed by atoms with E-state index in [0.717, 1.165) is 6.42 Å². The molecule has 1 amide bonds. The van der Waals surface area contributed by atoms with E-state index in [-0.39, 0.29) is 11.7 Å². The fourth-order valence-electron chi connectivity index (χ4n) is 4.11. The van der Waals surface area contributed by atoms with Crippen molar-refractivity contribution >= 4 is 17.7 Å². The van der Waals surface area contributed by atoms with E-state index in [2.05, 4.69) is 15.3 Å². The number of amides is 1. The summed E-state index contributed by atoms with van der Waals surface area (Å²) in [6.07, 6.45) is 2.43. The van der Waals surface area contributed by atoms with E-state index in [1.54, 1.807) is 0 Å². The average molecular weight is 365 g/mol. The number of rotatable bonds is 2. The summed E-state index contributed by atoms with van der Waals surface area (Å²) < 4.78 is 19.6. The van der Waals surface area contributed by atoms with Crippen molar-refractivity contribution in [3.05, 3.63) is 12.0 Å². The quantitative estimate of drug-likeness (QED) is 0.757. The number of carbonyl (C=O) groups is 1. The topological polar surface area (TPSA) is 90.8 Å². The molecule has 2 atom stereocenters. The number of nitrogens with zero attached hydrogens (tertiary/aromatic N) is 4. The molecule has 1 aromatic heterocycles. The second kappa shape index (κ2) is 6.96. The van der Waals surface area contributed by atoms with E-state index >= 15 is 0 Å². The summed E-state index contributed by atoms with van der Waals surface area (Å²) >= 11 is 0. The molecule has 2 N–H and O–H groups in total. The van der Waals surface area contributed by atoms with E-state index in [9.17, 15) is 14.3 Å². The minimum absolute atomic E-state index is 0.114. The van der Waals surface area contributed by atoms with Crippen molar-refractivity contribution < 1.29 is 19.0 Å². The summed E-state index contributed by atoms with van der Waals surface area (Å²) in [5, 5.41) is 13.4. The van der Waals surface area contributed by atoms with Crippen molar-refractivity contribution in [2.24, 2.45) is 5.41 Å². The molecule has 3 saturated heterocycles. The number of hydrogen-bond donors (Lipinski definition) is 2. The molecule has 0 aliphatic carbocycles.